The molecule has 0 saturated heterocycles. The lowest BCUT2D eigenvalue weighted by Crippen LogP contribution is -2.12. The van der Waals surface area contributed by atoms with Crippen molar-refractivity contribution in [3.05, 3.63) is 60.3 Å². The van der Waals surface area contributed by atoms with Crippen LogP contribution in [0.25, 0.3) is 5.57 Å². The van der Waals surface area contributed by atoms with Crippen molar-refractivity contribution in [3.63, 3.8) is 0 Å². The second-order valence-corrected chi connectivity index (χ2v) is 4.92. The number of nitriles is 1. The van der Waals surface area contributed by atoms with Crippen molar-refractivity contribution < 1.29 is 9.53 Å². The van der Waals surface area contributed by atoms with Gasteiger partial charge in [0.2, 0.25) is 5.82 Å². The minimum Gasteiger partial charge on any atom is -0.457 e. The standard InChI is InChI=1S/C16H12N8O2/c17-8-10(16-21-23-24-22-16)9-20-11-2-1-3-12(6-11)26-13-4-5-19-14(7-13)15(18)25/h1-7,9,20H,(H2,18,25)(H,21,22,23,24). The zero-order valence-electron chi connectivity index (χ0n) is 13.2. The molecule has 3 aromatic rings. The van der Waals surface area contributed by atoms with Crippen molar-refractivity contribution >= 4 is 17.2 Å². The predicted octanol–water partition coefficient (Wildman–Crippen LogP) is 1.46. The molecule has 26 heavy (non-hydrogen) atoms. The number of amides is 1. The molecule has 3 rings (SSSR count). The van der Waals surface area contributed by atoms with Gasteiger partial charge < -0.3 is 15.8 Å². The van der Waals surface area contributed by atoms with Gasteiger partial charge in [-0.1, -0.05) is 6.07 Å². The van der Waals surface area contributed by atoms with E-state index in [9.17, 15) is 4.79 Å². The van der Waals surface area contributed by atoms with Gasteiger partial charge in [0.05, 0.1) is 0 Å². The fourth-order valence-electron chi connectivity index (χ4n) is 1.97. The number of H-pyrrole nitrogens is 1. The number of pyridine rings is 1. The van der Waals surface area contributed by atoms with Crippen LogP contribution in [0.5, 0.6) is 11.5 Å². The van der Waals surface area contributed by atoms with Crippen LogP contribution in [0.3, 0.4) is 0 Å². The number of carbonyl (C=O) groups is 1. The first kappa shape index (κ1) is 16.6. The maximum absolute atomic E-state index is 11.2. The fraction of sp³-hybridized carbons (Fsp3) is 0. The number of ether oxygens (including phenoxy) is 1. The van der Waals surface area contributed by atoms with Crippen molar-refractivity contribution in [1.29, 1.82) is 5.26 Å². The van der Waals surface area contributed by atoms with E-state index >= 15 is 0 Å². The van der Waals surface area contributed by atoms with Gasteiger partial charge in [0.25, 0.3) is 5.91 Å². The number of primary amides is 1. The molecule has 128 valence electrons. The molecule has 2 aromatic heterocycles. The number of benzene rings is 1. The van der Waals surface area contributed by atoms with Crippen LogP contribution in [0.15, 0.2) is 48.8 Å². The number of anilines is 1. The van der Waals surface area contributed by atoms with E-state index in [1.807, 2.05) is 6.07 Å². The first-order chi connectivity index (χ1) is 12.7. The highest BCUT2D eigenvalue weighted by molar-refractivity contribution is 5.91. The van der Waals surface area contributed by atoms with E-state index in [0.717, 1.165) is 0 Å². The van der Waals surface area contributed by atoms with Crippen molar-refractivity contribution in [1.82, 2.24) is 25.6 Å². The van der Waals surface area contributed by atoms with Crippen molar-refractivity contribution in [2.45, 2.75) is 0 Å². The van der Waals surface area contributed by atoms with E-state index in [1.54, 1.807) is 30.3 Å². The summed E-state index contributed by atoms with van der Waals surface area (Å²) in [5.74, 6) is 0.485. The maximum Gasteiger partial charge on any atom is 0.267 e. The van der Waals surface area contributed by atoms with Crippen LogP contribution in [0.2, 0.25) is 0 Å². The Morgan fingerprint density at radius 1 is 1.31 bits per heavy atom. The highest BCUT2D eigenvalue weighted by Gasteiger charge is 2.07. The molecule has 1 aromatic carbocycles. The second-order valence-electron chi connectivity index (χ2n) is 4.92. The number of carbonyl (C=O) groups excluding carboxylic acids is 1. The first-order valence-electron chi connectivity index (χ1n) is 7.30. The number of hydrogen-bond donors (Lipinski definition) is 3. The lowest BCUT2D eigenvalue weighted by Gasteiger charge is -2.08. The Morgan fingerprint density at radius 2 is 2.15 bits per heavy atom. The van der Waals surface area contributed by atoms with Crippen LogP contribution in [-0.2, 0) is 0 Å². The van der Waals surface area contributed by atoms with Crippen LogP contribution < -0.4 is 15.8 Å². The molecule has 0 aliphatic carbocycles. The average molecular weight is 348 g/mol. The summed E-state index contributed by atoms with van der Waals surface area (Å²) in [6, 6.07) is 12.0. The summed E-state index contributed by atoms with van der Waals surface area (Å²) in [6.45, 7) is 0. The maximum atomic E-state index is 11.2. The Kier molecular flexibility index (Phi) is 4.81. The molecule has 0 spiro atoms. The molecule has 0 atom stereocenters. The van der Waals surface area contributed by atoms with Gasteiger partial charge in [-0.2, -0.15) is 10.5 Å². The van der Waals surface area contributed by atoms with Crippen LogP contribution in [0.4, 0.5) is 5.69 Å². The third kappa shape index (κ3) is 3.98. The number of nitrogens with zero attached hydrogens (tertiary/aromatic N) is 5. The van der Waals surface area contributed by atoms with E-state index in [4.69, 9.17) is 15.7 Å². The number of rotatable bonds is 6. The van der Waals surface area contributed by atoms with E-state index in [0.29, 0.717) is 17.2 Å². The lowest BCUT2D eigenvalue weighted by molar-refractivity contribution is 0.0995. The molecule has 10 heteroatoms. The summed E-state index contributed by atoms with van der Waals surface area (Å²) >= 11 is 0. The average Bonchev–Trinajstić information content (AvgIpc) is 3.17. The van der Waals surface area contributed by atoms with Gasteiger partial charge in [-0.25, -0.2) is 0 Å². The largest absolute Gasteiger partial charge is 0.457 e. The minimum atomic E-state index is -0.637. The zero-order valence-corrected chi connectivity index (χ0v) is 13.2. The van der Waals surface area contributed by atoms with E-state index in [1.165, 1.54) is 18.5 Å². The van der Waals surface area contributed by atoms with Crippen LogP contribution in [0.1, 0.15) is 16.3 Å². The van der Waals surface area contributed by atoms with Gasteiger partial charge in [0, 0.05) is 30.2 Å². The van der Waals surface area contributed by atoms with Crippen molar-refractivity contribution in [2.75, 3.05) is 5.32 Å². The lowest BCUT2D eigenvalue weighted by atomic mass is 10.2. The second kappa shape index (κ2) is 7.54. The fourth-order valence-corrected chi connectivity index (χ4v) is 1.97. The molecular weight excluding hydrogens is 336 g/mol. The predicted molar refractivity (Wildman–Crippen MR) is 90.7 cm³/mol. The molecule has 0 saturated carbocycles. The quantitative estimate of drug-likeness (QED) is 0.565. The van der Waals surface area contributed by atoms with Crippen LogP contribution in [0, 0.1) is 11.3 Å². The van der Waals surface area contributed by atoms with E-state index < -0.39 is 5.91 Å². The molecule has 0 fully saturated rings. The number of nitrogens with two attached hydrogens (primary N) is 1. The van der Waals surface area contributed by atoms with Gasteiger partial charge in [0.1, 0.15) is 28.8 Å². The SMILES string of the molecule is N#CC(=CNc1cccc(Oc2ccnc(C(N)=O)c2)c1)c1nn[nH]n1. The van der Waals surface area contributed by atoms with E-state index in [-0.39, 0.29) is 17.1 Å². The van der Waals surface area contributed by atoms with Gasteiger partial charge in [-0.3, -0.25) is 9.78 Å². The molecule has 0 aliphatic rings. The van der Waals surface area contributed by atoms with Crippen LogP contribution in [-0.4, -0.2) is 31.5 Å². The Balaban J connectivity index is 1.75. The number of allylic oxidation sites excluding steroid dienone is 1. The Hall–Kier alpha value is -4.26. The molecule has 2 heterocycles. The molecule has 1 amide bonds. The van der Waals surface area contributed by atoms with Crippen molar-refractivity contribution in [2.24, 2.45) is 5.73 Å². The van der Waals surface area contributed by atoms with Gasteiger partial charge >= 0.3 is 0 Å². The molecule has 0 unspecified atom stereocenters. The monoisotopic (exact) mass is 348 g/mol. The smallest absolute Gasteiger partial charge is 0.267 e. The van der Waals surface area contributed by atoms with Gasteiger partial charge in [-0.05, 0) is 23.4 Å². The summed E-state index contributed by atoms with van der Waals surface area (Å²) < 4.78 is 5.70. The van der Waals surface area contributed by atoms with Gasteiger partial charge in [0.15, 0.2) is 0 Å². The Morgan fingerprint density at radius 3 is 2.88 bits per heavy atom. The summed E-state index contributed by atoms with van der Waals surface area (Å²) in [6.07, 6.45) is 2.89. The molecule has 10 nitrogen and oxygen atoms in total. The molecule has 0 radical (unpaired) electrons. The summed E-state index contributed by atoms with van der Waals surface area (Å²) in [7, 11) is 0. The number of hydrogen-bond acceptors (Lipinski definition) is 8. The number of nitrogens with one attached hydrogen (secondary N) is 2. The number of aromatic amines is 1. The molecule has 0 bridgehead atoms. The highest BCUT2D eigenvalue weighted by atomic mass is 16.5. The summed E-state index contributed by atoms with van der Waals surface area (Å²) in [5, 5.41) is 25.3. The summed E-state index contributed by atoms with van der Waals surface area (Å²) in [5.41, 5.74) is 6.20. The van der Waals surface area contributed by atoms with E-state index in [2.05, 4.69) is 30.9 Å². The molecule has 0 aliphatic heterocycles. The number of aromatic nitrogens is 5. The third-order valence-corrected chi connectivity index (χ3v) is 3.14. The zero-order chi connectivity index (χ0) is 18.4. The first-order valence-corrected chi connectivity index (χ1v) is 7.30. The minimum absolute atomic E-state index is 0.110. The molecule has 4 N–H and O–H groups in total. The summed E-state index contributed by atoms with van der Waals surface area (Å²) in [4.78, 5) is 15.0. The normalized spacial score (nSPS) is 10.8. The third-order valence-electron chi connectivity index (χ3n) is 3.14. The Bertz CT molecular complexity index is 991. The number of tetrazole rings is 1. The molecular formula is C16H12N8O2. The Labute approximate surface area is 147 Å². The van der Waals surface area contributed by atoms with Gasteiger partial charge in [-0.15, -0.1) is 10.2 Å². The van der Waals surface area contributed by atoms with Crippen molar-refractivity contribution in [3.8, 4) is 17.6 Å². The topological polar surface area (TPSA) is 155 Å². The highest BCUT2D eigenvalue weighted by Crippen LogP contribution is 2.24. The van der Waals surface area contributed by atoms with Crippen LogP contribution >= 0.6 is 0 Å².